The van der Waals surface area contributed by atoms with Crippen LogP contribution in [0.1, 0.15) is 60.8 Å². The van der Waals surface area contributed by atoms with Gasteiger partial charge in [-0.1, -0.05) is 13.8 Å². The Kier molecular flexibility index (Phi) is 15.9. The standard InChI is InChI=1S/C19H34F7N3OS.C2H6/c1-14(2)29(5)11-8-16(3,4)28-10-9-27-15(30)13-31-12-6-7-17(20,18(21,22)23)19(24,25)26;1-2/h14,28H,6-13H2,1-5H3,(H,27,30);1-2H3. The Bertz CT molecular complexity index is 527. The summed E-state index contributed by atoms with van der Waals surface area (Å²) in [5.41, 5.74) is -5.37. The van der Waals surface area contributed by atoms with Gasteiger partial charge in [-0.25, -0.2) is 4.39 Å². The molecule has 0 saturated heterocycles. The monoisotopic (exact) mass is 515 g/mol. The first-order valence-corrected chi connectivity index (χ1v) is 12.2. The van der Waals surface area contributed by atoms with Crippen LogP contribution in [0.15, 0.2) is 0 Å². The molecule has 33 heavy (non-hydrogen) atoms. The third kappa shape index (κ3) is 13.7. The summed E-state index contributed by atoms with van der Waals surface area (Å²) in [7, 11) is 2.04. The van der Waals surface area contributed by atoms with Gasteiger partial charge in [-0.15, -0.1) is 0 Å². The van der Waals surface area contributed by atoms with Crippen molar-refractivity contribution < 1.29 is 35.5 Å². The minimum absolute atomic E-state index is 0.125. The summed E-state index contributed by atoms with van der Waals surface area (Å²) >= 11 is 0.862. The first kappa shape index (κ1) is 34.4. The molecule has 2 N–H and O–H groups in total. The maximum atomic E-state index is 13.5. The second kappa shape index (κ2) is 15.3. The van der Waals surface area contributed by atoms with Crippen LogP contribution in [0.25, 0.3) is 0 Å². The molecular formula is C21H40F7N3OS. The Balaban J connectivity index is 0. The molecular weight excluding hydrogens is 475 g/mol. The summed E-state index contributed by atoms with van der Waals surface area (Å²) in [6, 6.07) is 0.441. The third-order valence-electron chi connectivity index (χ3n) is 4.96. The Morgan fingerprint density at radius 1 is 0.939 bits per heavy atom. The van der Waals surface area contributed by atoms with Gasteiger partial charge in [0, 0.05) is 31.1 Å². The van der Waals surface area contributed by atoms with Crippen LogP contribution in [0, 0.1) is 0 Å². The lowest BCUT2D eigenvalue weighted by Crippen LogP contribution is -2.53. The Morgan fingerprint density at radius 3 is 1.91 bits per heavy atom. The van der Waals surface area contributed by atoms with Gasteiger partial charge in [0.15, 0.2) is 0 Å². The van der Waals surface area contributed by atoms with Crippen LogP contribution in [0.3, 0.4) is 0 Å². The zero-order valence-corrected chi connectivity index (χ0v) is 21.5. The SMILES string of the molecule is CC.CC(C)N(C)CCC(C)(C)NCCNC(=O)CSCCCC(F)(C(F)(F)F)C(F)(F)F. The Morgan fingerprint density at radius 2 is 1.45 bits per heavy atom. The number of carbonyl (C=O) groups is 1. The molecule has 0 aromatic carbocycles. The van der Waals surface area contributed by atoms with Crippen molar-refractivity contribution in [3.05, 3.63) is 0 Å². The molecule has 0 aromatic rings. The normalized spacial score (nSPS) is 13.2. The molecule has 0 heterocycles. The number of thioether (sulfide) groups is 1. The molecule has 4 nitrogen and oxygen atoms in total. The largest absolute Gasteiger partial charge is 0.431 e. The van der Waals surface area contributed by atoms with Crippen molar-refractivity contribution in [3.8, 4) is 0 Å². The number of carbonyl (C=O) groups excluding carboxylic acids is 1. The molecule has 0 saturated carbocycles. The van der Waals surface area contributed by atoms with Crippen molar-refractivity contribution >= 4 is 17.7 Å². The molecule has 0 bridgehead atoms. The quantitative estimate of drug-likeness (QED) is 0.234. The molecule has 0 aliphatic carbocycles. The van der Waals surface area contributed by atoms with Crippen LogP contribution in [-0.2, 0) is 4.79 Å². The van der Waals surface area contributed by atoms with E-state index in [2.05, 4.69) is 29.4 Å². The lowest BCUT2D eigenvalue weighted by Gasteiger charge is -2.30. The zero-order chi connectivity index (χ0) is 26.5. The first-order valence-electron chi connectivity index (χ1n) is 11.0. The van der Waals surface area contributed by atoms with E-state index >= 15 is 0 Å². The summed E-state index contributed by atoms with van der Waals surface area (Å²) in [5, 5.41) is 5.95. The molecule has 0 aliphatic rings. The van der Waals surface area contributed by atoms with Crippen LogP contribution in [-0.4, -0.2) is 78.6 Å². The van der Waals surface area contributed by atoms with Gasteiger partial charge < -0.3 is 15.5 Å². The van der Waals surface area contributed by atoms with Crippen LogP contribution in [0.4, 0.5) is 30.7 Å². The van der Waals surface area contributed by atoms with E-state index in [-0.39, 0.29) is 23.0 Å². The molecule has 0 fully saturated rings. The maximum absolute atomic E-state index is 13.5. The lowest BCUT2D eigenvalue weighted by molar-refractivity contribution is -0.343. The van der Waals surface area contributed by atoms with E-state index in [1.165, 1.54) is 0 Å². The van der Waals surface area contributed by atoms with Crippen molar-refractivity contribution in [2.45, 2.75) is 90.4 Å². The maximum Gasteiger partial charge on any atom is 0.431 e. The highest BCUT2D eigenvalue weighted by atomic mass is 32.2. The van der Waals surface area contributed by atoms with E-state index in [0.717, 1.165) is 24.7 Å². The van der Waals surface area contributed by atoms with E-state index in [4.69, 9.17) is 0 Å². The molecule has 0 unspecified atom stereocenters. The third-order valence-corrected chi connectivity index (χ3v) is 6.01. The molecule has 0 radical (unpaired) electrons. The van der Waals surface area contributed by atoms with Gasteiger partial charge in [0.05, 0.1) is 5.75 Å². The highest BCUT2D eigenvalue weighted by Gasteiger charge is 2.71. The summed E-state index contributed by atoms with van der Waals surface area (Å²) in [6.45, 7) is 14.1. The molecule has 0 aliphatic heterocycles. The summed E-state index contributed by atoms with van der Waals surface area (Å²) in [5.74, 6) is -0.706. The van der Waals surface area contributed by atoms with Gasteiger partial charge in [0.25, 0.3) is 5.67 Å². The van der Waals surface area contributed by atoms with E-state index < -0.39 is 30.9 Å². The van der Waals surface area contributed by atoms with E-state index in [9.17, 15) is 35.5 Å². The van der Waals surface area contributed by atoms with Gasteiger partial charge >= 0.3 is 12.4 Å². The van der Waals surface area contributed by atoms with E-state index in [0.29, 0.717) is 19.1 Å². The topological polar surface area (TPSA) is 44.4 Å². The predicted octanol–water partition coefficient (Wildman–Crippen LogP) is 5.57. The van der Waals surface area contributed by atoms with E-state index in [1.54, 1.807) is 0 Å². The van der Waals surface area contributed by atoms with Crippen molar-refractivity contribution in [2.24, 2.45) is 0 Å². The van der Waals surface area contributed by atoms with Gasteiger partial charge in [-0.05, 0) is 59.9 Å². The molecule has 0 aromatic heterocycles. The average Bonchev–Trinajstić information content (AvgIpc) is 2.68. The van der Waals surface area contributed by atoms with Gasteiger partial charge in [0.2, 0.25) is 5.91 Å². The number of rotatable bonds is 14. The van der Waals surface area contributed by atoms with Crippen LogP contribution >= 0.6 is 11.8 Å². The van der Waals surface area contributed by atoms with Gasteiger partial charge in [-0.2, -0.15) is 38.1 Å². The van der Waals surface area contributed by atoms with Gasteiger partial charge in [0.1, 0.15) is 0 Å². The Labute approximate surface area is 197 Å². The first-order chi connectivity index (χ1) is 14.9. The fourth-order valence-corrected chi connectivity index (χ4v) is 3.26. The number of nitrogens with one attached hydrogen (secondary N) is 2. The minimum atomic E-state index is -6.03. The van der Waals surface area contributed by atoms with Gasteiger partial charge in [-0.3, -0.25) is 4.79 Å². The zero-order valence-electron chi connectivity index (χ0n) is 20.6. The second-order valence-corrected chi connectivity index (χ2v) is 9.54. The average molecular weight is 516 g/mol. The molecule has 12 heteroatoms. The number of alkyl halides is 7. The molecule has 0 rings (SSSR count). The second-order valence-electron chi connectivity index (χ2n) is 8.44. The van der Waals surface area contributed by atoms with Crippen LogP contribution in [0.2, 0.25) is 0 Å². The molecule has 0 atom stereocenters. The smallest absolute Gasteiger partial charge is 0.354 e. The summed E-state index contributed by atoms with van der Waals surface area (Å²) in [4.78, 5) is 14.0. The predicted molar refractivity (Wildman–Crippen MR) is 121 cm³/mol. The molecule has 0 spiro atoms. The lowest BCUT2D eigenvalue weighted by atomic mass is 9.99. The van der Waals surface area contributed by atoms with Crippen LogP contribution < -0.4 is 10.6 Å². The molecule has 1 amide bonds. The number of nitrogens with zero attached hydrogens (tertiary/aromatic N) is 1. The number of amides is 1. The van der Waals surface area contributed by atoms with Crippen molar-refractivity contribution in [3.63, 3.8) is 0 Å². The summed E-state index contributed by atoms with van der Waals surface area (Å²) < 4.78 is 88.1. The minimum Gasteiger partial charge on any atom is -0.354 e. The van der Waals surface area contributed by atoms with Crippen molar-refractivity contribution in [1.82, 2.24) is 15.5 Å². The highest BCUT2D eigenvalue weighted by Crippen LogP contribution is 2.49. The fraction of sp³-hybridized carbons (Fsp3) is 0.952. The van der Waals surface area contributed by atoms with Crippen molar-refractivity contribution in [2.75, 3.05) is 38.2 Å². The highest BCUT2D eigenvalue weighted by molar-refractivity contribution is 7.99. The number of hydrogen-bond acceptors (Lipinski definition) is 4. The number of halogens is 7. The van der Waals surface area contributed by atoms with Crippen molar-refractivity contribution in [1.29, 1.82) is 0 Å². The summed E-state index contributed by atoms with van der Waals surface area (Å²) in [6.07, 6.45) is -13.5. The van der Waals surface area contributed by atoms with E-state index in [1.807, 2.05) is 34.7 Å². The number of hydrogen-bond donors (Lipinski definition) is 2. The fourth-order valence-electron chi connectivity index (χ4n) is 2.48. The Hall–Kier alpha value is -0.750. The molecule has 200 valence electrons. The van der Waals surface area contributed by atoms with Crippen LogP contribution in [0.5, 0.6) is 0 Å².